The molecule has 0 aliphatic carbocycles. The molecule has 2 atom stereocenters. The van der Waals surface area contributed by atoms with Crippen molar-refractivity contribution in [3.05, 3.63) is 18.0 Å². The lowest BCUT2D eigenvalue weighted by molar-refractivity contribution is 0.176. The van der Waals surface area contributed by atoms with Gasteiger partial charge in [0, 0.05) is 43.6 Å². The number of likely N-dealkylation sites (tertiary alicyclic amines) is 1. The van der Waals surface area contributed by atoms with Crippen LogP contribution in [-0.2, 0) is 6.42 Å². The van der Waals surface area contributed by atoms with Gasteiger partial charge in [0.1, 0.15) is 0 Å². The molecule has 25 heavy (non-hydrogen) atoms. The van der Waals surface area contributed by atoms with E-state index in [4.69, 9.17) is 9.97 Å². The standard InChI is InChI=1S/C20H35N5/c1-5-23(4)11-7-6-8-17-12-21-20(22-13-17)25-18-9-10-19(25)15-24(14-18)16(2)3/h12-13,16,18-19H,5-11,14-15H2,1-4H3. The average Bonchev–Trinajstić information content (AvgIpc) is 2.88. The molecule has 2 aliphatic heterocycles. The summed E-state index contributed by atoms with van der Waals surface area (Å²) in [6.45, 7) is 11.4. The molecule has 1 aromatic heterocycles. The number of rotatable bonds is 8. The second-order valence-electron chi connectivity index (χ2n) is 8.08. The van der Waals surface area contributed by atoms with Crippen molar-refractivity contribution >= 4 is 5.95 Å². The van der Waals surface area contributed by atoms with E-state index in [1.165, 1.54) is 37.8 Å². The first-order chi connectivity index (χ1) is 12.1. The first-order valence-electron chi connectivity index (χ1n) is 10.1. The Bertz CT molecular complexity index is 515. The van der Waals surface area contributed by atoms with Crippen molar-refractivity contribution in [2.24, 2.45) is 0 Å². The van der Waals surface area contributed by atoms with E-state index in [-0.39, 0.29) is 0 Å². The molecule has 2 aliphatic rings. The van der Waals surface area contributed by atoms with E-state index in [0.717, 1.165) is 32.0 Å². The van der Waals surface area contributed by atoms with Crippen molar-refractivity contribution in [3.63, 3.8) is 0 Å². The molecule has 0 aromatic carbocycles. The van der Waals surface area contributed by atoms with E-state index in [1.54, 1.807) is 0 Å². The Morgan fingerprint density at radius 3 is 2.32 bits per heavy atom. The fourth-order valence-electron chi connectivity index (χ4n) is 4.16. The van der Waals surface area contributed by atoms with Crippen LogP contribution >= 0.6 is 0 Å². The molecule has 2 bridgehead atoms. The van der Waals surface area contributed by atoms with Crippen LogP contribution in [0.4, 0.5) is 5.95 Å². The third-order valence-electron chi connectivity index (χ3n) is 5.96. The fourth-order valence-corrected chi connectivity index (χ4v) is 4.16. The monoisotopic (exact) mass is 345 g/mol. The zero-order valence-corrected chi connectivity index (χ0v) is 16.5. The molecule has 1 aromatic rings. The minimum absolute atomic E-state index is 0.594. The van der Waals surface area contributed by atoms with E-state index in [1.807, 2.05) is 0 Å². The summed E-state index contributed by atoms with van der Waals surface area (Å²) >= 11 is 0. The number of piperazine rings is 1. The predicted octanol–water partition coefficient (Wildman–Crippen LogP) is 2.81. The lowest BCUT2D eigenvalue weighted by atomic mass is 10.1. The van der Waals surface area contributed by atoms with Crippen molar-refractivity contribution in [1.29, 1.82) is 0 Å². The molecule has 0 radical (unpaired) electrons. The second kappa shape index (κ2) is 8.45. The highest BCUT2D eigenvalue weighted by Crippen LogP contribution is 2.33. The van der Waals surface area contributed by atoms with Gasteiger partial charge in [-0.15, -0.1) is 0 Å². The summed E-state index contributed by atoms with van der Waals surface area (Å²) in [5.74, 6) is 0.949. The van der Waals surface area contributed by atoms with Crippen LogP contribution in [0.25, 0.3) is 0 Å². The molecule has 3 rings (SSSR count). The van der Waals surface area contributed by atoms with Gasteiger partial charge in [0.05, 0.1) is 0 Å². The minimum atomic E-state index is 0.594. The molecule has 2 fully saturated rings. The first-order valence-corrected chi connectivity index (χ1v) is 10.1. The molecule has 0 spiro atoms. The number of fused-ring (bicyclic) bond motifs is 2. The normalized spacial score (nSPS) is 23.8. The molecule has 140 valence electrons. The summed E-state index contributed by atoms with van der Waals surface area (Å²) in [5, 5.41) is 0. The maximum atomic E-state index is 4.73. The van der Waals surface area contributed by atoms with E-state index < -0.39 is 0 Å². The van der Waals surface area contributed by atoms with Gasteiger partial charge in [-0.25, -0.2) is 9.97 Å². The largest absolute Gasteiger partial charge is 0.332 e. The van der Waals surface area contributed by atoms with Crippen LogP contribution in [0.1, 0.15) is 52.0 Å². The van der Waals surface area contributed by atoms with Crippen LogP contribution in [0.15, 0.2) is 12.4 Å². The zero-order chi connectivity index (χ0) is 17.8. The van der Waals surface area contributed by atoms with Crippen molar-refractivity contribution in [2.45, 2.75) is 71.0 Å². The van der Waals surface area contributed by atoms with Gasteiger partial charge in [0.25, 0.3) is 0 Å². The Balaban J connectivity index is 1.53. The smallest absolute Gasteiger partial charge is 0.225 e. The Morgan fingerprint density at radius 1 is 1.12 bits per heavy atom. The van der Waals surface area contributed by atoms with Gasteiger partial charge in [-0.2, -0.15) is 0 Å². The van der Waals surface area contributed by atoms with Crippen LogP contribution in [0.2, 0.25) is 0 Å². The number of aromatic nitrogens is 2. The van der Waals surface area contributed by atoms with Crippen LogP contribution in [0.5, 0.6) is 0 Å². The quantitative estimate of drug-likeness (QED) is 0.677. The number of hydrogen-bond acceptors (Lipinski definition) is 5. The number of anilines is 1. The number of hydrogen-bond donors (Lipinski definition) is 0. The van der Waals surface area contributed by atoms with Crippen LogP contribution in [0.3, 0.4) is 0 Å². The Labute approximate surface area is 153 Å². The topological polar surface area (TPSA) is 35.5 Å². The van der Waals surface area contributed by atoms with E-state index in [9.17, 15) is 0 Å². The van der Waals surface area contributed by atoms with Gasteiger partial charge in [-0.3, -0.25) is 4.90 Å². The number of unbranched alkanes of at least 4 members (excludes halogenated alkanes) is 1. The number of aryl methyl sites for hydroxylation is 1. The predicted molar refractivity (Wildman–Crippen MR) is 104 cm³/mol. The van der Waals surface area contributed by atoms with Crippen LogP contribution < -0.4 is 4.90 Å². The minimum Gasteiger partial charge on any atom is -0.332 e. The van der Waals surface area contributed by atoms with E-state index >= 15 is 0 Å². The maximum Gasteiger partial charge on any atom is 0.225 e. The molecular formula is C20H35N5. The SMILES string of the molecule is CCN(C)CCCCc1cnc(N2C3CCC2CN(C(C)C)C3)nc1. The Kier molecular flexibility index (Phi) is 6.29. The lowest BCUT2D eigenvalue weighted by Crippen LogP contribution is -2.56. The number of nitrogens with zero attached hydrogens (tertiary/aromatic N) is 5. The highest BCUT2D eigenvalue weighted by atomic mass is 15.4. The van der Waals surface area contributed by atoms with Gasteiger partial charge >= 0.3 is 0 Å². The highest BCUT2D eigenvalue weighted by molar-refractivity contribution is 5.37. The average molecular weight is 346 g/mol. The third kappa shape index (κ3) is 4.50. The third-order valence-corrected chi connectivity index (χ3v) is 5.96. The molecule has 5 heteroatoms. The van der Waals surface area contributed by atoms with Crippen molar-refractivity contribution < 1.29 is 0 Å². The summed E-state index contributed by atoms with van der Waals surface area (Å²) in [5.41, 5.74) is 1.27. The molecule has 2 saturated heterocycles. The Morgan fingerprint density at radius 2 is 1.76 bits per heavy atom. The van der Waals surface area contributed by atoms with Gasteiger partial charge in [-0.1, -0.05) is 6.92 Å². The maximum absolute atomic E-state index is 4.73. The highest BCUT2D eigenvalue weighted by Gasteiger charge is 2.41. The molecule has 0 saturated carbocycles. The van der Waals surface area contributed by atoms with Crippen LogP contribution in [-0.4, -0.2) is 71.1 Å². The van der Waals surface area contributed by atoms with Crippen LogP contribution in [0, 0.1) is 0 Å². The first kappa shape index (κ1) is 18.6. The van der Waals surface area contributed by atoms with Gasteiger partial charge in [0.15, 0.2) is 0 Å². The van der Waals surface area contributed by atoms with Crippen molar-refractivity contribution in [1.82, 2.24) is 19.8 Å². The van der Waals surface area contributed by atoms with Crippen molar-refractivity contribution in [3.8, 4) is 0 Å². The molecule has 2 unspecified atom stereocenters. The van der Waals surface area contributed by atoms with E-state index in [0.29, 0.717) is 18.1 Å². The molecule has 0 N–H and O–H groups in total. The Hall–Kier alpha value is -1.20. The van der Waals surface area contributed by atoms with Crippen molar-refractivity contribution in [2.75, 3.05) is 38.1 Å². The van der Waals surface area contributed by atoms with Gasteiger partial charge < -0.3 is 9.80 Å². The summed E-state index contributed by atoms with van der Waals surface area (Å²) in [4.78, 5) is 16.9. The summed E-state index contributed by atoms with van der Waals surface area (Å²) < 4.78 is 0. The zero-order valence-electron chi connectivity index (χ0n) is 16.5. The molecular weight excluding hydrogens is 310 g/mol. The summed E-state index contributed by atoms with van der Waals surface area (Å²) in [6.07, 6.45) is 10.2. The second-order valence-corrected chi connectivity index (χ2v) is 8.08. The van der Waals surface area contributed by atoms with E-state index in [2.05, 4.69) is 54.9 Å². The fraction of sp³-hybridized carbons (Fsp3) is 0.800. The molecule has 5 nitrogen and oxygen atoms in total. The molecule has 0 amide bonds. The van der Waals surface area contributed by atoms with Gasteiger partial charge in [-0.05, 0) is 71.7 Å². The summed E-state index contributed by atoms with van der Waals surface area (Å²) in [6, 6.07) is 1.83. The lowest BCUT2D eigenvalue weighted by Gasteiger charge is -2.42. The summed E-state index contributed by atoms with van der Waals surface area (Å²) in [7, 11) is 2.19. The molecule has 3 heterocycles. The van der Waals surface area contributed by atoms with Gasteiger partial charge in [0.2, 0.25) is 5.95 Å².